The highest BCUT2D eigenvalue weighted by Crippen LogP contribution is 2.07. The van der Waals surface area contributed by atoms with Gasteiger partial charge < -0.3 is 11.1 Å². The van der Waals surface area contributed by atoms with Gasteiger partial charge in [0.15, 0.2) is 5.96 Å². The van der Waals surface area contributed by atoms with E-state index in [-0.39, 0.29) is 24.0 Å². The van der Waals surface area contributed by atoms with E-state index in [2.05, 4.69) is 64.3 Å². The van der Waals surface area contributed by atoms with Crippen LogP contribution in [0.2, 0.25) is 0 Å². The lowest BCUT2D eigenvalue weighted by molar-refractivity contribution is 0.129. The van der Waals surface area contributed by atoms with Gasteiger partial charge in [-0.05, 0) is 11.5 Å². The third kappa shape index (κ3) is 8.30. The molecule has 0 aliphatic carbocycles. The molecule has 1 fully saturated rings. The molecule has 1 aromatic carbocycles. The van der Waals surface area contributed by atoms with Crippen molar-refractivity contribution < 1.29 is 0 Å². The maximum Gasteiger partial charge on any atom is 0.188 e. The number of hydrogen-bond donors (Lipinski definition) is 2. The maximum atomic E-state index is 5.86. The Morgan fingerprint density at radius 2 is 1.75 bits per heavy atom. The van der Waals surface area contributed by atoms with Crippen LogP contribution in [0.5, 0.6) is 0 Å². The second-order valence-corrected chi connectivity index (χ2v) is 6.65. The molecule has 1 aromatic rings. The van der Waals surface area contributed by atoms with Gasteiger partial charge in [-0.3, -0.25) is 14.8 Å². The van der Waals surface area contributed by atoms with Crippen molar-refractivity contribution in [2.75, 3.05) is 45.8 Å². The fourth-order valence-electron chi connectivity index (χ4n) is 2.69. The summed E-state index contributed by atoms with van der Waals surface area (Å²) in [7, 11) is 0. The zero-order valence-electron chi connectivity index (χ0n) is 14.9. The second-order valence-electron chi connectivity index (χ2n) is 6.65. The highest BCUT2D eigenvalue weighted by atomic mass is 127. The summed E-state index contributed by atoms with van der Waals surface area (Å²) in [5.74, 6) is 1.12. The van der Waals surface area contributed by atoms with E-state index in [0.717, 1.165) is 52.4 Å². The molecule has 0 atom stereocenters. The monoisotopic (exact) mass is 445 g/mol. The van der Waals surface area contributed by atoms with Crippen LogP contribution in [0.25, 0.3) is 0 Å². The van der Waals surface area contributed by atoms with Crippen molar-refractivity contribution in [3.8, 4) is 0 Å². The molecule has 24 heavy (non-hydrogen) atoms. The third-order valence-electron chi connectivity index (χ3n) is 4.07. The highest BCUT2D eigenvalue weighted by molar-refractivity contribution is 14.0. The summed E-state index contributed by atoms with van der Waals surface area (Å²) in [5.41, 5.74) is 7.26. The van der Waals surface area contributed by atoms with Crippen LogP contribution in [0, 0.1) is 5.92 Å². The van der Waals surface area contributed by atoms with Gasteiger partial charge >= 0.3 is 0 Å². The van der Waals surface area contributed by atoms with E-state index in [9.17, 15) is 0 Å². The quantitative estimate of drug-likeness (QED) is 0.383. The fourth-order valence-corrected chi connectivity index (χ4v) is 2.69. The predicted molar refractivity (Wildman–Crippen MR) is 113 cm³/mol. The number of nitrogens with one attached hydrogen (secondary N) is 1. The Labute approximate surface area is 163 Å². The smallest absolute Gasteiger partial charge is 0.188 e. The number of hydrogen-bond acceptors (Lipinski definition) is 3. The third-order valence-corrected chi connectivity index (χ3v) is 4.07. The van der Waals surface area contributed by atoms with Crippen LogP contribution in [-0.4, -0.2) is 61.6 Å². The number of nitrogens with two attached hydrogens (primary N) is 1. The van der Waals surface area contributed by atoms with Crippen LogP contribution < -0.4 is 11.1 Å². The van der Waals surface area contributed by atoms with E-state index >= 15 is 0 Å². The molecule has 0 bridgehead atoms. The van der Waals surface area contributed by atoms with Gasteiger partial charge in [-0.1, -0.05) is 44.2 Å². The molecule has 0 saturated carbocycles. The van der Waals surface area contributed by atoms with Gasteiger partial charge in [0.1, 0.15) is 0 Å². The summed E-state index contributed by atoms with van der Waals surface area (Å²) in [6, 6.07) is 10.7. The van der Waals surface area contributed by atoms with E-state index in [0.29, 0.717) is 11.9 Å². The average Bonchev–Trinajstić information content (AvgIpc) is 2.55. The highest BCUT2D eigenvalue weighted by Gasteiger charge is 2.16. The van der Waals surface area contributed by atoms with Crippen molar-refractivity contribution in [1.82, 2.24) is 15.1 Å². The number of piperazine rings is 1. The van der Waals surface area contributed by atoms with Crippen LogP contribution >= 0.6 is 24.0 Å². The second kappa shape index (κ2) is 11.7. The van der Waals surface area contributed by atoms with Crippen molar-refractivity contribution in [3.05, 3.63) is 35.9 Å². The number of rotatable bonds is 7. The van der Waals surface area contributed by atoms with Crippen molar-refractivity contribution in [1.29, 1.82) is 0 Å². The SMILES string of the molecule is CC(C)CN=C(N)NCCN1CCN(Cc2ccccc2)CC1.I. The first kappa shape index (κ1) is 21.2. The molecule has 0 unspecified atom stereocenters. The Morgan fingerprint density at radius 3 is 2.38 bits per heavy atom. The lowest BCUT2D eigenvalue weighted by atomic mass is 10.2. The molecular weight excluding hydrogens is 413 g/mol. The summed E-state index contributed by atoms with van der Waals surface area (Å²) in [6.07, 6.45) is 0. The molecule has 5 nitrogen and oxygen atoms in total. The van der Waals surface area contributed by atoms with Crippen LogP contribution in [0.1, 0.15) is 19.4 Å². The summed E-state index contributed by atoms with van der Waals surface area (Å²) < 4.78 is 0. The lowest BCUT2D eigenvalue weighted by Crippen LogP contribution is -2.48. The molecule has 3 N–H and O–H groups in total. The fraction of sp³-hybridized carbons (Fsp3) is 0.611. The number of nitrogens with zero attached hydrogens (tertiary/aromatic N) is 3. The van der Waals surface area contributed by atoms with Crippen LogP contribution in [0.15, 0.2) is 35.3 Å². The number of benzene rings is 1. The molecule has 1 aliphatic heterocycles. The van der Waals surface area contributed by atoms with Gasteiger partial charge in [-0.15, -0.1) is 24.0 Å². The molecular formula is C18H32IN5. The Morgan fingerprint density at radius 1 is 1.12 bits per heavy atom. The van der Waals surface area contributed by atoms with E-state index in [1.165, 1.54) is 5.56 Å². The van der Waals surface area contributed by atoms with Crippen LogP contribution in [-0.2, 0) is 6.54 Å². The van der Waals surface area contributed by atoms with Crippen molar-refractivity contribution in [2.24, 2.45) is 16.6 Å². The van der Waals surface area contributed by atoms with Crippen LogP contribution in [0.3, 0.4) is 0 Å². The lowest BCUT2D eigenvalue weighted by Gasteiger charge is -2.34. The van der Waals surface area contributed by atoms with Crippen molar-refractivity contribution in [3.63, 3.8) is 0 Å². The number of halogens is 1. The Bertz CT molecular complexity index is 470. The normalized spacial score (nSPS) is 16.9. The molecule has 0 aromatic heterocycles. The predicted octanol–water partition coefficient (Wildman–Crippen LogP) is 1.98. The summed E-state index contributed by atoms with van der Waals surface area (Å²) >= 11 is 0. The minimum absolute atomic E-state index is 0. The summed E-state index contributed by atoms with van der Waals surface area (Å²) in [4.78, 5) is 9.34. The number of guanidine groups is 1. The van der Waals surface area contributed by atoms with Crippen LogP contribution in [0.4, 0.5) is 0 Å². The largest absolute Gasteiger partial charge is 0.370 e. The van der Waals surface area contributed by atoms with Crippen molar-refractivity contribution >= 4 is 29.9 Å². The molecule has 1 saturated heterocycles. The first-order chi connectivity index (χ1) is 11.1. The summed E-state index contributed by atoms with van der Waals surface area (Å²) in [5, 5.41) is 3.21. The Kier molecular flexibility index (Phi) is 10.3. The molecule has 2 rings (SSSR count). The molecule has 0 amide bonds. The topological polar surface area (TPSA) is 56.9 Å². The minimum Gasteiger partial charge on any atom is -0.370 e. The first-order valence-electron chi connectivity index (χ1n) is 8.66. The molecule has 6 heteroatoms. The minimum atomic E-state index is 0. The summed E-state index contributed by atoms with van der Waals surface area (Å²) in [6.45, 7) is 12.5. The van der Waals surface area contributed by atoms with E-state index in [1.807, 2.05) is 0 Å². The van der Waals surface area contributed by atoms with E-state index in [1.54, 1.807) is 0 Å². The van der Waals surface area contributed by atoms with E-state index in [4.69, 9.17) is 5.73 Å². The van der Waals surface area contributed by atoms with E-state index < -0.39 is 0 Å². The van der Waals surface area contributed by atoms with Gasteiger partial charge in [0.05, 0.1) is 0 Å². The van der Waals surface area contributed by atoms with Gasteiger partial charge in [0.25, 0.3) is 0 Å². The van der Waals surface area contributed by atoms with Gasteiger partial charge in [0, 0.05) is 52.4 Å². The van der Waals surface area contributed by atoms with Gasteiger partial charge in [-0.25, -0.2) is 0 Å². The van der Waals surface area contributed by atoms with Gasteiger partial charge in [-0.2, -0.15) is 0 Å². The molecule has 1 aliphatic rings. The van der Waals surface area contributed by atoms with Gasteiger partial charge in [0.2, 0.25) is 0 Å². The zero-order valence-corrected chi connectivity index (χ0v) is 17.3. The molecule has 1 heterocycles. The Hall–Kier alpha value is -0.860. The number of aliphatic imine (C=N–C) groups is 1. The Balaban J connectivity index is 0.00000288. The van der Waals surface area contributed by atoms with Crippen molar-refractivity contribution in [2.45, 2.75) is 20.4 Å². The molecule has 0 spiro atoms. The zero-order chi connectivity index (χ0) is 16.5. The first-order valence-corrected chi connectivity index (χ1v) is 8.66. The standard InChI is InChI=1S/C18H31N5.HI/c1-16(2)14-21-18(19)20-8-9-22-10-12-23(13-11-22)15-17-6-4-3-5-7-17;/h3-7,16H,8-15H2,1-2H3,(H3,19,20,21);1H. The average molecular weight is 445 g/mol. The maximum absolute atomic E-state index is 5.86. The molecule has 0 radical (unpaired) electrons. The molecule has 136 valence electrons.